The van der Waals surface area contributed by atoms with Crippen LogP contribution in [0.4, 0.5) is 0 Å². The van der Waals surface area contributed by atoms with Gasteiger partial charge in [-0.05, 0) is 44.9 Å². The van der Waals surface area contributed by atoms with Gasteiger partial charge >= 0.3 is 0 Å². The molecule has 1 aliphatic rings. The van der Waals surface area contributed by atoms with Crippen molar-refractivity contribution in [2.75, 3.05) is 19.7 Å². The third-order valence-electron chi connectivity index (χ3n) is 8.47. The van der Waals surface area contributed by atoms with Crippen LogP contribution in [-0.4, -0.2) is 41.3 Å². The second-order valence-electron chi connectivity index (χ2n) is 12.1. The zero-order valence-corrected chi connectivity index (χ0v) is 26.1. The fraction of sp³-hybridized carbons (Fsp3) is 0.914. The minimum absolute atomic E-state index is 0.307. The van der Waals surface area contributed by atoms with Crippen molar-refractivity contribution in [2.24, 2.45) is 0 Å². The Morgan fingerprint density at radius 1 is 0.632 bits per heavy atom. The number of aliphatic hydroxyl groups excluding tert-OH is 1. The summed E-state index contributed by atoms with van der Waals surface area (Å²) in [7, 11) is 0. The van der Waals surface area contributed by atoms with E-state index >= 15 is 0 Å². The molecule has 224 valence electrons. The summed E-state index contributed by atoms with van der Waals surface area (Å²) < 4.78 is 2.62. The Labute approximate surface area is 239 Å². The molecule has 1 rings (SSSR count). The van der Waals surface area contributed by atoms with E-state index in [-0.39, 0.29) is 0 Å². The van der Waals surface area contributed by atoms with E-state index in [0.717, 1.165) is 13.0 Å². The van der Waals surface area contributed by atoms with Gasteiger partial charge in [0.05, 0.1) is 6.54 Å². The Hall–Kier alpha value is -0.830. The van der Waals surface area contributed by atoms with Crippen molar-refractivity contribution in [3.05, 3.63) is 12.2 Å². The number of amidine groups is 1. The molecule has 0 saturated carbocycles. The summed E-state index contributed by atoms with van der Waals surface area (Å²) in [5.41, 5.74) is 0. The van der Waals surface area contributed by atoms with E-state index in [1.165, 1.54) is 173 Å². The van der Waals surface area contributed by atoms with Crippen molar-refractivity contribution < 1.29 is 9.68 Å². The van der Waals surface area contributed by atoms with Crippen LogP contribution in [0.25, 0.3) is 0 Å². The molecule has 0 aromatic heterocycles. The maximum absolute atomic E-state index is 9.54. The summed E-state index contributed by atoms with van der Waals surface area (Å²) in [6.07, 6.45) is 40.1. The van der Waals surface area contributed by atoms with Gasteiger partial charge in [-0.1, -0.05) is 135 Å². The van der Waals surface area contributed by atoms with Gasteiger partial charge in [-0.15, -0.1) is 0 Å². The van der Waals surface area contributed by atoms with Crippen molar-refractivity contribution >= 4 is 5.84 Å². The minimum Gasteiger partial charge on any atom is -0.396 e. The predicted octanol–water partition coefficient (Wildman–Crippen LogP) is 10.1. The molecule has 2 N–H and O–H groups in total. The average Bonchev–Trinajstić information content (AvgIpc) is 3.30. The van der Waals surface area contributed by atoms with Gasteiger partial charge in [-0.2, -0.15) is 0 Å². The monoisotopic (exact) mass is 534 g/mol. The van der Waals surface area contributed by atoms with Gasteiger partial charge < -0.3 is 5.11 Å². The molecule has 1 aliphatic heterocycles. The van der Waals surface area contributed by atoms with Crippen molar-refractivity contribution in [1.82, 2.24) is 5.32 Å². The highest BCUT2D eigenvalue weighted by Gasteiger charge is 2.29. The molecule has 1 unspecified atom stereocenters. The van der Waals surface area contributed by atoms with E-state index in [1.807, 2.05) is 0 Å². The van der Waals surface area contributed by atoms with E-state index in [9.17, 15) is 5.11 Å². The number of hydrogen-bond acceptors (Lipinski definition) is 2. The van der Waals surface area contributed by atoms with E-state index in [2.05, 4.69) is 35.9 Å². The molecule has 1 atom stereocenters. The lowest BCUT2D eigenvalue weighted by molar-refractivity contribution is -0.558. The van der Waals surface area contributed by atoms with E-state index in [1.54, 1.807) is 0 Å². The van der Waals surface area contributed by atoms with Crippen molar-refractivity contribution in [3.63, 3.8) is 0 Å². The highest BCUT2D eigenvalue weighted by atomic mass is 16.3. The first-order chi connectivity index (χ1) is 18.8. The Morgan fingerprint density at radius 2 is 1.08 bits per heavy atom. The molecule has 1 heterocycles. The van der Waals surface area contributed by atoms with Crippen molar-refractivity contribution in [1.29, 1.82) is 0 Å². The molecule has 3 heteroatoms. The van der Waals surface area contributed by atoms with Crippen molar-refractivity contribution in [2.45, 2.75) is 187 Å². The summed E-state index contributed by atoms with van der Waals surface area (Å²) in [6, 6.07) is 0.501. The lowest BCUT2D eigenvalue weighted by atomic mass is 10.1. The van der Waals surface area contributed by atoms with Gasteiger partial charge in [0.25, 0.3) is 0 Å². The van der Waals surface area contributed by atoms with Crippen LogP contribution in [0, 0.1) is 0 Å². The maximum Gasteiger partial charge on any atom is 0.245 e. The highest BCUT2D eigenvalue weighted by molar-refractivity contribution is 5.78. The maximum atomic E-state index is 9.54. The van der Waals surface area contributed by atoms with Gasteiger partial charge in [0, 0.05) is 19.4 Å². The minimum atomic E-state index is 0.307. The Balaban J connectivity index is 2.07. The molecular weight excluding hydrogens is 464 g/mol. The quantitative estimate of drug-likeness (QED) is 0.0570. The molecule has 0 spiro atoms. The largest absolute Gasteiger partial charge is 0.396 e. The molecule has 0 aliphatic carbocycles. The van der Waals surface area contributed by atoms with E-state index in [4.69, 9.17) is 0 Å². The van der Waals surface area contributed by atoms with Crippen LogP contribution in [0.3, 0.4) is 0 Å². The molecule has 0 fully saturated rings. The molecular formula is C35H69N2O+. The smallest absolute Gasteiger partial charge is 0.245 e. The standard InChI is InChI=1S/C35H68N2O/c1-3-5-7-9-11-13-15-16-17-18-19-20-22-24-26-28-31-37-34(30-32-38)33-36-35(37)29-27-25-23-21-14-12-10-8-6-4-2/h16-17,34,38H,3-15,18-33H2,1-2H3/p+1/b17-16-. The van der Waals surface area contributed by atoms with E-state index in [0.29, 0.717) is 12.6 Å². The summed E-state index contributed by atoms with van der Waals surface area (Å²) in [6.45, 7) is 7.09. The first-order valence-corrected chi connectivity index (χ1v) is 17.5. The zero-order valence-electron chi connectivity index (χ0n) is 26.1. The number of allylic oxidation sites excluding steroid dienone is 2. The van der Waals surface area contributed by atoms with Crippen molar-refractivity contribution in [3.8, 4) is 0 Å². The van der Waals surface area contributed by atoms with Gasteiger partial charge in [0.2, 0.25) is 5.84 Å². The number of hydrogen-bond donors (Lipinski definition) is 2. The van der Waals surface area contributed by atoms with Crippen LogP contribution in [0.1, 0.15) is 181 Å². The SMILES string of the molecule is CCCCCCCC/C=C\CCCCCCCC[N+]1=C(CCCCCCCCCCCC)NCC1CCO. The van der Waals surface area contributed by atoms with Crippen LogP contribution in [-0.2, 0) is 0 Å². The first kappa shape index (κ1) is 35.2. The highest BCUT2D eigenvalue weighted by Crippen LogP contribution is 2.15. The molecule has 3 nitrogen and oxygen atoms in total. The number of nitrogens with one attached hydrogen (secondary N) is 1. The summed E-state index contributed by atoms with van der Waals surface area (Å²) >= 11 is 0. The molecule has 0 aromatic rings. The van der Waals surface area contributed by atoms with Crippen LogP contribution >= 0.6 is 0 Å². The van der Waals surface area contributed by atoms with Gasteiger partial charge in [0.1, 0.15) is 12.6 Å². The summed E-state index contributed by atoms with van der Waals surface area (Å²) in [5.74, 6) is 1.47. The lowest BCUT2D eigenvalue weighted by Gasteiger charge is -2.12. The molecule has 0 bridgehead atoms. The lowest BCUT2D eigenvalue weighted by Crippen LogP contribution is -2.28. The molecule has 0 radical (unpaired) electrons. The number of unbranched alkanes of at least 4 members (excludes halogenated alkanes) is 21. The third-order valence-corrected chi connectivity index (χ3v) is 8.47. The first-order valence-electron chi connectivity index (χ1n) is 17.5. The fourth-order valence-electron chi connectivity index (χ4n) is 5.93. The average molecular weight is 534 g/mol. The van der Waals surface area contributed by atoms with Gasteiger partial charge in [0.15, 0.2) is 0 Å². The van der Waals surface area contributed by atoms with Crippen LogP contribution in [0.2, 0.25) is 0 Å². The predicted molar refractivity (Wildman–Crippen MR) is 170 cm³/mol. The molecule has 38 heavy (non-hydrogen) atoms. The van der Waals surface area contributed by atoms with Crippen LogP contribution in [0.5, 0.6) is 0 Å². The van der Waals surface area contributed by atoms with Gasteiger partial charge in [-0.25, -0.2) is 0 Å². The fourth-order valence-corrected chi connectivity index (χ4v) is 5.93. The second kappa shape index (κ2) is 27.7. The second-order valence-corrected chi connectivity index (χ2v) is 12.1. The number of rotatable bonds is 29. The number of nitrogens with zero attached hydrogens (tertiary/aromatic N) is 1. The topological polar surface area (TPSA) is 35.3 Å². The number of aliphatic hydroxyl groups is 1. The van der Waals surface area contributed by atoms with Crippen LogP contribution < -0.4 is 5.32 Å². The molecule has 0 saturated heterocycles. The third kappa shape index (κ3) is 20.1. The summed E-state index contributed by atoms with van der Waals surface area (Å²) in [5, 5.41) is 13.2. The molecule has 0 amide bonds. The molecule has 0 aromatic carbocycles. The van der Waals surface area contributed by atoms with E-state index < -0.39 is 0 Å². The Bertz CT molecular complexity index is 556. The normalized spacial score (nSPS) is 15.7. The zero-order chi connectivity index (χ0) is 27.4. The Morgan fingerprint density at radius 3 is 1.58 bits per heavy atom. The summed E-state index contributed by atoms with van der Waals surface area (Å²) in [4.78, 5) is 0. The van der Waals surface area contributed by atoms with Crippen LogP contribution in [0.15, 0.2) is 12.2 Å². The van der Waals surface area contributed by atoms with Gasteiger partial charge in [-0.3, -0.25) is 9.89 Å². The Kier molecular flexibility index (Phi) is 25.7.